The van der Waals surface area contributed by atoms with Gasteiger partial charge in [0.05, 0.1) is 11.0 Å². The van der Waals surface area contributed by atoms with E-state index in [0.29, 0.717) is 22.0 Å². The van der Waals surface area contributed by atoms with Gasteiger partial charge in [-0.3, -0.25) is 0 Å². The minimum Gasteiger partial charge on any atom is -0.477 e. The van der Waals surface area contributed by atoms with E-state index in [4.69, 9.17) is 15.9 Å². The van der Waals surface area contributed by atoms with E-state index in [1.54, 1.807) is 12.1 Å². The Balaban J connectivity index is 2.47. The van der Waals surface area contributed by atoms with Crippen LogP contribution in [-0.2, 0) is 0 Å². The van der Waals surface area contributed by atoms with Gasteiger partial charge in [0.2, 0.25) is 0 Å². The molecule has 0 radical (unpaired) electrons. The van der Waals surface area contributed by atoms with Crippen LogP contribution in [-0.4, -0.2) is 32.1 Å². The quantitative estimate of drug-likeness (QED) is 0.483. The summed E-state index contributed by atoms with van der Waals surface area (Å²) in [6.07, 6.45) is 0. The van der Waals surface area contributed by atoms with E-state index < -0.39 is 11.9 Å². The van der Waals surface area contributed by atoms with Crippen molar-refractivity contribution < 1.29 is 19.8 Å². The van der Waals surface area contributed by atoms with E-state index in [2.05, 4.69) is 9.97 Å². The van der Waals surface area contributed by atoms with Gasteiger partial charge in [-0.25, -0.2) is 19.6 Å². The van der Waals surface area contributed by atoms with Crippen LogP contribution in [0.1, 0.15) is 21.0 Å². The zero-order valence-electron chi connectivity index (χ0n) is 10.6. The number of anilines is 1. The molecule has 3 rings (SSSR count). The third-order valence-electron chi connectivity index (χ3n) is 3.11. The highest BCUT2D eigenvalue weighted by molar-refractivity contribution is 6.10. The topological polar surface area (TPSA) is 126 Å². The Morgan fingerprint density at radius 1 is 0.905 bits per heavy atom. The molecule has 0 spiro atoms. The van der Waals surface area contributed by atoms with Crippen molar-refractivity contribution in [2.45, 2.75) is 0 Å². The van der Waals surface area contributed by atoms with Crippen LogP contribution in [0.2, 0.25) is 0 Å². The highest BCUT2D eigenvalue weighted by Crippen LogP contribution is 2.28. The summed E-state index contributed by atoms with van der Waals surface area (Å²) < 4.78 is 0. The fourth-order valence-corrected chi connectivity index (χ4v) is 2.13. The number of rotatable bonds is 2. The lowest BCUT2D eigenvalue weighted by Gasteiger charge is -2.07. The Labute approximate surface area is 117 Å². The summed E-state index contributed by atoms with van der Waals surface area (Å²) in [7, 11) is 0. The summed E-state index contributed by atoms with van der Waals surface area (Å²) in [5, 5.41) is 19.2. The molecule has 7 nitrogen and oxygen atoms in total. The molecule has 3 aromatic rings. The molecule has 0 amide bonds. The predicted octanol–water partition coefficient (Wildman–Crippen LogP) is 1.76. The molecule has 21 heavy (non-hydrogen) atoms. The van der Waals surface area contributed by atoms with Crippen molar-refractivity contribution in [2.75, 3.05) is 5.73 Å². The SMILES string of the molecule is Nc1cc2ccc(C(=O)O)nc2c2nc(C(=O)O)ccc12. The minimum atomic E-state index is -1.18. The smallest absolute Gasteiger partial charge is 0.354 e. The fourth-order valence-electron chi connectivity index (χ4n) is 2.13. The van der Waals surface area contributed by atoms with Gasteiger partial charge in [-0.1, -0.05) is 6.07 Å². The van der Waals surface area contributed by atoms with Crippen LogP contribution in [0.15, 0.2) is 30.3 Å². The number of carboxylic acid groups (broad SMARTS) is 2. The first-order valence-corrected chi connectivity index (χ1v) is 5.94. The number of nitrogens with zero attached hydrogens (tertiary/aromatic N) is 2. The zero-order chi connectivity index (χ0) is 15.1. The van der Waals surface area contributed by atoms with Crippen LogP contribution in [0.25, 0.3) is 21.8 Å². The number of pyridine rings is 2. The van der Waals surface area contributed by atoms with Crippen LogP contribution >= 0.6 is 0 Å². The maximum absolute atomic E-state index is 11.0. The summed E-state index contributed by atoms with van der Waals surface area (Å²) in [6.45, 7) is 0. The van der Waals surface area contributed by atoms with Crippen molar-refractivity contribution in [1.29, 1.82) is 0 Å². The van der Waals surface area contributed by atoms with Crippen molar-refractivity contribution >= 4 is 39.4 Å². The minimum absolute atomic E-state index is 0.143. The number of aromatic carboxylic acids is 2. The van der Waals surface area contributed by atoms with Gasteiger partial charge in [-0.2, -0.15) is 0 Å². The number of carbonyl (C=O) groups is 2. The third kappa shape index (κ3) is 2.00. The van der Waals surface area contributed by atoms with Gasteiger partial charge in [-0.15, -0.1) is 0 Å². The van der Waals surface area contributed by atoms with Gasteiger partial charge in [-0.05, 0) is 24.3 Å². The molecule has 0 aliphatic rings. The van der Waals surface area contributed by atoms with E-state index in [0.717, 1.165) is 0 Å². The summed E-state index contributed by atoms with van der Waals surface area (Å²) in [5.41, 5.74) is 6.62. The van der Waals surface area contributed by atoms with Crippen LogP contribution in [0.5, 0.6) is 0 Å². The lowest BCUT2D eigenvalue weighted by molar-refractivity contribution is 0.0680. The molecule has 2 aromatic heterocycles. The summed E-state index contributed by atoms with van der Waals surface area (Å²) in [5.74, 6) is -2.35. The van der Waals surface area contributed by atoms with Crippen LogP contribution < -0.4 is 5.73 Å². The molecule has 0 fully saturated rings. The third-order valence-corrected chi connectivity index (χ3v) is 3.11. The molecule has 0 aliphatic carbocycles. The Hall–Kier alpha value is -3.22. The predicted molar refractivity (Wildman–Crippen MR) is 75.4 cm³/mol. The first-order valence-electron chi connectivity index (χ1n) is 5.94. The van der Waals surface area contributed by atoms with Crippen molar-refractivity contribution in [3.63, 3.8) is 0 Å². The average molecular weight is 283 g/mol. The van der Waals surface area contributed by atoms with Gasteiger partial charge in [0.1, 0.15) is 11.4 Å². The largest absolute Gasteiger partial charge is 0.477 e. The molecular weight excluding hydrogens is 274 g/mol. The molecule has 104 valence electrons. The number of aromatic nitrogens is 2. The lowest BCUT2D eigenvalue weighted by atomic mass is 10.1. The number of hydrogen-bond donors (Lipinski definition) is 3. The van der Waals surface area contributed by atoms with E-state index in [9.17, 15) is 9.59 Å². The van der Waals surface area contributed by atoms with Crippen molar-refractivity contribution in [3.8, 4) is 0 Å². The Morgan fingerprint density at radius 3 is 2.10 bits per heavy atom. The summed E-state index contributed by atoms with van der Waals surface area (Å²) in [4.78, 5) is 30.1. The van der Waals surface area contributed by atoms with E-state index in [1.807, 2.05) is 0 Å². The first kappa shape index (κ1) is 12.8. The fraction of sp³-hybridized carbons (Fsp3) is 0. The van der Waals surface area contributed by atoms with Crippen LogP contribution in [0.3, 0.4) is 0 Å². The number of nitrogens with two attached hydrogens (primary N) is 1. The summed E-state index contributed by atoms with van der Waals surface area (Å²) in [6, 6.07) is 7.45. The van der Waals surface area contributed by atoms with Gasteiger partial charge >= 0.3 is 11.9 Å². The first-order chi connectivity index (χ1) is 9.97. The number of benzene rings is 1. The Kier molecular flexibility index (Phi) is 2.69. The van der Waals surface area contributed by atoms with Crippen molar-refractivity contribution in [1.82, 2.24) is 9.97 Å². The Bertz CT molecular complexity index is 921. The normalized spacial score (nSPS) is 10.9. The van der Waals surface area contributed by atoms with Crippen LogP contribution in [0, 0.1) is 0 Å². The molecular formula is C14H9N3O4. The maximum Gasteiger partial charge on any atom is 0.354 e. The number of fused-ring (bicyclic) bond motifs is 3. The van der Waals surface area contributed by atoms with E-state index >= 15 is 0 Å². The molecule has 2 heterocycles. The second-order valence-electron chi connectivity index (χ2n) is 4.44. The molecule has 1 aromatic carbocycles. The van der Waals surface area contributed by atoms with E-state index in [1.165, 1.54) is 18.2 Å². The van der Waals surface area contributed by atoms with Gasteiger partial charge in [0, 0.05) is 16.5 Å². The van der Waals surface area contributed by atoms with Gasteiger partial charge in [0.15, 0.2) is 0 Å². The molecule has 0 aliphatic heterocycles. The molecule has 0 atom stereocenters. The van der Waals surface area contributed by atoms with Crippen LogP contribution in [0.4, 0.5) is 5.69 Å². The average Bonchev–Trinajstić information content (AvgIpc) is 2.46. The number of carboxylic acids is 2. The molecule has 7 heteroatoms. The lowest BCUT2D eigenvalue weighted by Crippen LogP contribution is -2.03. The second kappa shape index (κ2) is 4.41. The standard InChI is InChI=1S/C14H9N3O4/c15-8-5-6-1-3-9(13(18)19)16-11(6)12-7(8)2-4-10(17-12)14(20)21/h1-5H,15H2,(H,18,19)(H,20,21). The van der Waals surface area contributed by atoms with Gasteiger partial charge in [0.25, 0.3) is 0 Å². The summed E-state index contributed by atoms with van der Waals surface area (Å²) >= 11 is 0. The highest BCUT2D eigenvalue weighted by Gasteiger charge is 2.13. The van der Waals surface area contributed by atoms with Crippen molar-refractivity contribution in [3.05, 3.63) is 41.7 Å². The zero-order valence-corrected chi connectivity index (χ0v) is 10.6. The molecule has 0 unspecified atom stereocenters. The molecule has 0 saturated carbocycles. The van der Waals surface area contributed by atoms with Crippen molar-refractivity contribution in [2.24, 2.45) is 0 Å². The second-order valence-corrected chi connectivity index (χ2v) is 4.44. The molecule has 0 saturated heterocycles. The highest BCUT2D eigenvalue weighted by atomic mass is 16.4. The molecule has 4 N–H and O–H groups in total. The maximum atomic E-state index is 11.0. The Morgan fingerprint density at radius 2 is 1.48 bits per heavy atom. The monoisotopic (exact) mass is 283 g/mol. The van der Waals surface area contributed by atoms with E-state index in [-0.39, 0.29) is 16.9 Å². The molecule has 0 bridgehead atoms. The number of nitrogen functional groups attached to an aromatic ring is 1. The van der Waals surface area contributed by atoms with Gasteiger partial charge < -0.3 is 15.9 Å². The number of hydrogen-bond acceptors (Lipinski definition) is 5.